The van der Waals surface area contributed by atoms with E-state index in [1.807, 2.05) is 42.5 Å². The number of likely N-dealkylation sites (N-methyl/N-ethyl adjacent to an activating group) is 1. The second kappa shape index (κ2) is 11.8. The summed E-state index contributed by atoms with van der Waals surface area (Å²) in [6.07, 6.45) is -0.466. The van der Waals surface area contributed by atoms with Crippen molar-refractivity contribution in [3.63, 3.8) is 0 Å². The molecule has 2 aromatic carbocycles. The number of fused-ring (bicyclic) bond motifs is 5. The van der Waals surface area contributed by atoms with Crippen LogP contribution in [0.15, 0.2) is 59.4 Å². The first-order chi connectivity index (χ1) is 22.7. The van der Waals surface area contributed by atoms with Crippen LogP contribution in [-0.2, 0) is 49.2 Å². The van der Waals surface area contributed by atoms with Crippen LogP contribution in [0.4, 0.5) is 16.2 Å². The van der Waals surface area contributed by atoms with Crippen molar-refractivity contribution < 1.29 is 28.6 Å². The van der Waals surface area contributed by atoms with E-state index in [2.05, 4.69) is 22.2 Å². The Labute approximate surface area is 270 Å². The zero-order valence-corrected chi connectivity index (χ0v) is 26.5. The van der Waals surface area contributed by atoms with E-state index >= 15 is 0 Å². The largest absolute Gasteiger partial charge is 0.457 e. The van der Waals surface area contributed by atoms with Crippen molar-refractivity contribution in [2.24, 2.45) is 0 Å². The van der Waals surface area contributed by atoms with Crippen molar-refractivity contribution >= 4 is 40.3 Å². The average Bonchev–Trinajstić information content (AvgIpc) is 3.43. The third-order valence-corrected chi connectivity index (χ3v) is 9.22. The quantitative estimate of drug-likeness (QED) is 0.214. The van der Waals surface area contributed by atoms with Gasteiger partial charge in [0.2, 0.25) is 5.60 Å². The van der Waals surface area contributed by atoms with E-state index < -0.39 is 23.6 Å². The number of pyridine rings is 2. The normalized spacial score (nSPS) is 18.6. The molecule has 0 unspecified atom stereocenters. The number of hydrogen-bond acceptors (Lipinski definition) is 10. The number of piperazine rings is 1. The van der Waals surface area contributed by atoms with Gasteiger partial charge in [-0.3, -0.25) is 14.9 Å². The summed E-state index contributed by atoms with van der Waals surface area (Å²) in [5.74, 6) is -1.34. The van der Waals surface area contributed by atoms with Crippen LogP contribution >= 0.6 is 0 Å². The summed E-state index contributed by atoms with van der Waals surface area (Å²) in [4.78, 5) is 61.7. The minimum Gasteiger partial charge on any atom is -0.457 e. The molecule has 47 heavy (non-hydrogen) atoms. The molecule has 2 aromatic heterocycles. The monoisotopic (exact) mass is 637 g/mol. The summed E-state index contributed by atoms with van der Waals surface area (Å²) in [6, 6.07) is 16.7. The number of esters is 2. The molecular formula is C35H35N5O7. The Hall–Kier alpha value is -5.23. The minimum absolute atomic E-state index is 0.107. The number of aromatic nitrogens is 2. The predicted molar refractivity (Wildman–Crippen MR) is 174 cm³/mol. The molecule has 1 N–H and O–H groups in total. The number of cyclic esters (lactones) is 1. The van der Waals surface area contributed by atoms with E-state index in [1.165, 1.54) is 6.92 Å². The van der Waals surface area contributed by atoms with Gasteiger partial charge in [0.05, 0.1) is 34.7 Å². The number of nitrogens with one attached hydrogen (secondary N) is 1. The number of carbonyl (C=O) groups excluding carboxylic acids is 3. The van der Waals surface area contributed by atoms with Gasteiger partial charge < -0.3 is 28.6 Å². The molecule has 1 fully saturated rings. The molecule has 1 atom stereocenters. The van der Waals surface area contributed by atoms with Gasteiger partial charge in [-0.25, -0.2) is 14.6 Å². The maximum atomic E-state index is 14.1. The minimum atomic E-state index is -1.72. The van der Waals surface area contributed by atoms with Crippen LogP contribution < -0.4 is 15.8 Å². The molecule has 12 heteroatoms. The highest BCUT2D eigenvalue weighted by Gasteiger charge is 2.50. The topological polar surface area (TPSA) is 132 Å². The van der Waals surface area contributed by atoms with E-state index in [0.717, 1.165) is 48.4 Å². The highest BCUT2D eigenvalue weighted by molar-refractivity contribution is 6.01. The Bertz CT molecular complexity index is 1980. The fourth-order valence-electron chi connectivity index (χ4n) is 6.81. The van der Waals surface area contributed by atoms with Crippen molar-refractivity contribution in [2.45, 2.75) is 45.6 Å². The number of amides is 1. The van der Waals surface area contributed by atoms with Crippen molar-refractivity contribution in [2.75, 3.05) is 43.4 Å². The lowest BCUT2D eigenvalue weighted by Crippen LogP contribution is -2.47. The summed E-state index contributed by atoms with van der Waals surface area (Å²) in [5, 5.41) is 3.68. The number of anilines is 2. The van der Waals surface area contributed by atoms with Gasteiger partial charge in [-0.2, -0.15) is 0 Å². The highest BCUT2D eigenvalue weighted by atomic mass is 16.6. The molecule has 7 rings (SSSR count). The molecule has 1 amide bonds. The van der Waals surface area contributed by atoms with Gasteiger partial charge in [0.25, 0.3) is 5.56 Å². The Kier molecular flexibility index (Phi) is 7.67. The maximum Gasteiger partial charge on any atom is 0.411 e. The Morgan fingerprint density at radius 3 is 2.51 bits per heavy atom. The zero-order valence-electron chi connectivity index (χ0n) is 26.5. The summed E-state index contributed by atoms with van der Waals surface area (Å²) < 4.78 is 18.1. The molecular weight excluding hydrogens is 602 g/mol. The van der Waals surface area contributed by atoms with Crippen LogP contribution in [0.25, 0.3) is 22.3 Å². The Balaban J connectivity index is 1.33. The molecule has 0 spiro atoms. The van der Waals surface area contributed by atoms with Crippen LogP contribution in [0.3, 0.4) is 0 Å². The highest BCUT2D eigenvalue weighted by Crippen LogP contribution is 2.44. The first-order valence-corrected chi connectivity index (χ1v) is 15.7. The molecule has 0 bridgehead atoms. The van der Waals surface area contributed by atoms with Gasteiger partial charge in [0, 0.05) is 55.3 Å². The second-order valence-electron chi connectivity index (χ2n) is 12.2. The van der Waals surface area contributed by atoms with Crippen molar-refractivity contribution in [3.05, 3.63) is 87.2 Å². The van der Waals surface area contributed by atoms with Gasteiger partial charge in [0.1, 0.15) is 13.2 Å². The van der Waals surface area contributed by atoms with Gasteiger partial charge >= 0.3 is 18.0 Å². The van der Waals surface area contributed by atoms with E-state index in [9.17, 15) is 19.2 Å². The molecule has 1 saturated heterocycles. The summed E-state index contributed by atoms with van der Waals surface area (Å²) in [5.41, 5.74) is 3.70. The van der Waals surface area contributed by atoms with Crippen molar-refractivity contribution in [1.29, 1.82) is 0 Å². The number of ether oxygens (including phenoxy) is 3. The standard InChI is InChI=1S/C35H35N5O7/c1-4-35(47-21(2)41)27-17-29-30-25(18-40(29)32(42)26(27)20-45-33(35)43)31(39-14-12-38(3)13-15-39)24-16-23(10-11-28(24)37-30)36-34(44)46-19-22-8-6-5-7-9-22/h5-11,16-17H,4,12-15,18-20H2,1-3H3,(H,36,44)/t35-/m0/s1. The summed E-state index contributed by atoms with van der Waals surface area (Å²) in [7, 11) is 2.09. The molecule has 4 aromatic rings. The third-order valence-electron chi connectivity index (χ3n) is 9.22. The summed E-state index contributed by atoms with van der Waals surface area (Å²) >= 11 is 0. The first-order valence-electron chi connectivity index (χ1n) is 15.7. The fraction of sp³-hybridized carbons (Fsp3) is 0.343. The number of rotatable bonds is 6. The lowest BCUT2D eigenvalue weighted by Gasteiger charge is -2.35. The van der Waals surface area contributed by atoms with Crippen molar-refractivity contribution in [3.8, 4) is 11.4 Å². The van der Waals surface area contributed by atoms with Crippen molar-refractivity contribution in [1.82, 2.24) is 14.5 Å². The SMILES string of the molecule is CC[C@@]1(OC(C)=O)C(=O)OCc2c1cc1n(c2=O)Cc2c-1nc1ccc(NC(=O)OCc3ccccc3)cc1c2N1CCN(C)CC1. The van der Waals surface area contributed by atoms with Gasteiger partial charge in [-0.15, -0.1) is 0 Å². The second-order valence-corrected chi connectivity index (χ2v) is 12.2. The van der Waals surface area contributed by atoms with Crippen LogP contribution in [0.5, 0.6) is 0 Å². The zero-order chi connectivity index (χ0) is 32.9. The third kappa shape index (κ3) is 5.28. The lowest BCUT2D eigenvalue weighted by atomic mass is 9.85. The van der Waals surface area contributed by atoms with Gasteiger partial charge in [-0.1, -0.05) is 37.3 Å². The van der Waals surface area contributed by atoms with E-state index in [4.69, 9.17) is 19.2 Å². The fourth-order valence-corrected chi connectivity index (χ4v) is 6.81. The lowest BCUT2D eigenvalue weighted by molar-refractivity contribution is -0.188. The molecule has 242 valence electrons. The number of hydrogen-bond donors (Lipinski definition) is 1. The Morgan fingerprint density at radius 2 is 1.79 bits per heavy atom. The van der Waals surface area contributed by atoms with Crippen LogP contribution in [0, 0.1) is 0 Å². The predicted octanol–water partition coefficient (Wildman–Crippen LogP) is 4.15. The molecule has 12 nitrogen and oxygen atoms in total. The maximum absolute atomic E-state index is 14.1. The number of benzene rings is 2. The average molecular weight is 638 g/mol. The smallest absolute Gasteiger partial charge is 0.411 e. The molecule has 0 radical (unpaired) electrons. The van der Waals surface area contributed by atoms with Crippen LogP contribution in [-0.4, -0.2) is 65.7 Å². The molecule has 0 saturated carbocycles. The van der Waals surface area contributed by atoms with Gasteiger partial charge in [-0.05, 0) is 43.3 Å². The van der Waals surface area contributed by atoms with E-state index in [-0.39, 0.29) is 37.3 Å². The molecule has 3 aliphatic rings. The van der Waals surface area contributed by atoms with E-state index in [0.29, 0.717) is 28.2 Å². The molecule has 0 aliphatic carbocycles. The van der Waals surface area contributed by atoms with Gasteiger partial charge in [0.15, 0.2) is 0 Å². The first kappa shape index (κ1) is 30.4. The number of carbonyl (C=O) groups is 3. The van der Waals surface area contributed by atoms with Crippen LogP contribution in [0.2, 0.25) is 0 Å². The molecule has 3 aliphatic heterocycles. The number of nitrogens with zero attached hydrogens (tertiary/aromatic N) is 4. The molecule has 5 heterocycles. The van der Waals surface area contributed by atoms with E-state index in [1.54, 1.807) is 23.6 Å². The summed E-state index contributed by atoms with van der Waals surface area (Å²) in [6.45, 7) is 6.38. The van der Waals surface area contributed by atoms with Crippen LogP contribution in [0.1, 0.15) is 42.5 Å². The Morgan fingerprint density at radius 1 is 1.02 bits per heavy atom.